The number of hydrogen-bond acceptors (Lipinski definition) is 4. The van der Waals surface area contributed by atoms with Crippen LogP contribution in [-0.2, 0) is 0 Å². The van der Waals surface area contributed by atoms with E-state index in [1.165, 1.54) is 16.2 Å². The second kappa shape index (κ2) is 4.57. The second-order valence-corrected chi connectivity index (χ2v) is 6.27. The van der Waals surface area contributed by atoms with Crippen LogP contribution in [0.1, 0.15) is 18.9 Å². The SMILES string of the molecule is CCC1=C(c2ccc(Cl)c3occc23)N2CCN=C2S1. The first kappa shape index (κ1) is 12.4. The van der Waals surface area contributed by atoms with Crippen LogP contribution >= 0.6 is 23.4 Å². The quantitative estimate of drug-likeness (QED) is 0.813. The maximum Gasteiger partial charge on any atom is 0.168 e. The van der Waals surface area contributed by atoms with Crippen LogP contribution in [0.4, 0.5) is 0 Å². The minimum atomic E-state index is 0.661. The molecule has 0 fully saturated rings. The molecule has 0 amide bonds. The summed E-state index contributed by atoms with van der Waals surface area (Å²) in [4.78, 5) is 8.26. The molecular weight excluding hydrogens is 292 g/mol. The zero-order valence-corrected chi connectivity index (χ0v) is 12.6. The number of nitrogens with zero attached hydrogens (tertiary/aromatic N) is 2. The fraction of sp³-hybridized carbons (Fsp3) is 0.267. The van der Waals surface area contributed by atoms with Gasteiger partial charge in [-0.1, -0.05) is 36.4 Å². The molecule has 5 heteroatoms. The van der Waals surface area contributed by atoms with Crippen molar-refractivity contribution in [3.8, 4) is 0 Å². The molecule has 2 aliphatic heterocycles. The first-order valence-corrected chi connectivity index (χ1v) is 7.88. The number of aliphatic imine (C=N–C) groups is 1. The van der Waals surface area contributed by atoms with Crippen LogP contribution in [0.25, 0.3) is 16.7 Å². The van der Waals surface area contributed by atoms with Crippen LogP contribution in [-0.4, -0.2) is 23.2 Å². The Balaban J connectivity index is 1.96. The maximum absolute atomic E-state index is 6.21. The van der Waals surface area contributed by atoms with Gasteiger partial charge in [0, 0.05) is 22.4 Å². The molecule has 0 radical (unpaired) electrons. The normalized spacial score (nSPS) is 18.1. The average Bonchev–Trinajstić information content (AvgIpc) is 3.14. The Kier molecular flexibility index (Phi) is 2.82. The number of furan rings is 1. The van der Waals surface area contributed by atoms with Crippen LogP contribution in [0.15, 0.2) is 38.8 Å². The van der Waals surface area contributed by atoms with Gasteiger partial charge in [0.1, 0.15) is 0 Å². The zero-order valence-electron chi connectivity index (χ0n) is 11.0. The number of thioether (sulfide) groups is 1. The summed E-state index contributed by atoms with van der Waals surface area (Å²) in [5.41, 5.74) is 3.23. The molecule has 2 aliphatic rings. The molecule has 0 spiro atoms. The van der Waals surface area contributed by atoms with Gasteiger partial charge in [-0.05, 0) is 18.6 Å². The summed E-state index contributed by atoms with van der Waals surface area (Å²) < 4.78 is 5.52. The third kappa shape index (κ3) is 1.64. The lowest BCUT2D eigenvalue weighted by Crippen LogP contribution is -2.20. The van der Waals surface area contributed by atoms with Crippen molar-refractivity contribution < 1.29 is 4.42 Å². The predicted molar refractivity (Wildman–Crippen MR) is 85.0 cm³/mol. The fourth-order valence-corrected chi connectivity index (χ4v) is 4.14. The molecule has 1 aromatic carbocycles. The van der Waals surface area contributed by atoms with Gasteiger partial charge in [-0.2, -0.15) is 0 Å². The Labute approximate surface area is 126 Å². The molecule has 2 aromatic rings. The number of amidine groups is 1. The van der Waals surface area contributed by atoms with E-state index in [2.05, 4.69) is 22.9 Å². The Bertz CT molecular complexity index is 762. The van der Waals surface area contributed by atoms with Gasteiger partial charge in [0.2, 0.25) is 0 Å². The third-order valence-corrected chi connectivity index (χ3v) is 5.25. The van der Waals surface area contributed by atoms with Gasteiger partial charge in [0.05, 0.1) is 23.5 Å². The minimum absolute atomic E-state index is 0.661. The number of fused-ring (bicyclic) bond motifs is 2. The van der Waals surface area contributed by atoms with Gasteiger partial charge in [0.25, 0.3) is 0 Å². The van der Waals surface area contributed by atoms with Gasteiger partial charge in [0.15, 0.2) is 10.8 Å². The van der Waals surface area contributed by atoms with Crippen molar-refractivity contribution in [3.63, 3.8) is 0 Å². The van der Waals surface area contributed by atoms with Crippen LogP contribution in [0.2, 0.25) is 5.02 Å². The highest BCUT2D eigenvalue weighted by Gasteiger charge is 2.33. The molecule has 0 unspecified atom stereocenters. The van der Waals surface area contributed by atoms with Crippen LogP contribution in [0, 0.1) is 0 Å². The van der Waals surface area contributed by atoms with Gasteiger partial charge < -0.3 is 9.32 Å². The number of allylic oxidation sites excluding steroid dienone is 1. The van der Waals surface area contributed by atoms with Crippen molar-refractivity contribution in [1.29, 1.82) is 0 Å². The van der Waals surface area contributed by atoms with E-state index in [9.17, 15) is 0 Å². The van der Waals surface area contributed by atoms with Crippen molar-refractivity contribution in [2.24, 2.45) is 4.99 Å². The van der Waals surface area contributed by atoms with Crippen molar-refractivity contribution in [2.45, 2.75) is 13.3 Å². The predicted octanol–water partition coefficient (Wildman–Crippen LogP) is 4.58. The molecule has 3 nitrogen and oxygen atoms in total. The number of hydrogen-bond donors (Lipinski definition) is 0. The summed E-state index contributed by atoms with van der Waals surface area (Å²) in [6.07, 6.45) is 2.71. The molecule has 4 rings (SSSR count). The second-order valence-electron chi connectivity index (χ2n) is 4.80. The smallest absolute Gasteiger partial charge is 0.168 e. The molecular formula is C15H13ClN2OS. The molecule has 0 saturated carbocycles. The summed E-state index contributed by atoms with van der Waals surface area (Å²) in [6.45, 7) is 4.03. The van der Waals surface area contributed by atoms with E-state index in [0.29, 0.717) is 5.02 Å². The standard InChI is InChI=1S/C15H13ClN2OS/c1-2-12-13(18-7-6-17-15(18)20-12)9-3-4-11(16)14-10(9)5-8-19-14/h3-5,8H,2,6-7H2,1H3. The summed E-state index contributed by atoms with van der Waals surface area (Å²) >= 11 is 8.00. The van der Waals surface area contributed by atoms with E-state index in [-0.39, 0.29) is 0 Å². The highest BCUT2D eigenvalue weighted by Crippen LogP contribution is 2.45. The molecule has 3 heterocycles. The fourth-order valence-electron chi connectivity index (χ4n) is 2.80. The highest BCUT2D eigenvalue weighted by atomic mass is 35.5. The van der Waals surface area contributed by atoms with E-state index in [0.717, 1.165) is 35.6 Å². The van der Waals surface area contributed by atoms with Crippen molar-refractivity contribution in [1.82, 2.24) is 4.90 Å². The summed E-state index contributed by atoms with van der Waals surface area (Å²) in [7, 11) is 0. The highest BCUT2D eigenvalue weighted by molar-refractivity contribution is 8.17. The molecule has 1 aromatic heterocycles. The molecule has 0 aliphatic carbocycles. The molecule has 0 atom stereocenters. The van der Waals surface area contributed by atoms with Gasteiger partial charge in [-0.15, -0.1) is 0 Å². The van der Waals surface area contributed by atoms with Crippen molar-refractivity contribution >= 4 is 45.2 Å². The van der Waals surface area contributed by atoms with Crippen LogP contribution in [0.3, 0.4) is 0 Å². The molecule has 20 heavy (non-hydrogen) atoms. The summed E-state index contributed by atoms with van der Waals surface area (Å²) in [5, 5.41) is 2.86. The Morgan fingerprint density at radius 2 is 2.30 bits per heavy atom. The Hall–Kier alpha value is -1.39. The van der Waals surface area contributed by atoms with Gasteiger partial charge >= 0.3 is 0 Å². The van der Waals surface area contributed by atoms with Crippen molar-refractivity contribution in [2.75, 3.05) is 13.1 Å². The summed E-state index contributed by atoms with van der Waals surface area (Å²) in [5.74, 6) is 0. The Morgan fingerprint density at radius 1 is 1.40 bits per heavy atom. The minimum Gasteiger partial charge on any atom is -0.463 e. The number of benzene rings is 1. The monoisotopic (exact) mass is 304 g/mol. The maximum atomic E-state index is 6.21. The molecule has 0 bridgehead atoms. The van der Waals surface area contributed by atoms with Gasteiger partial charge in [-0.3, -0.25) is 4.99 Å². The number of halogens is 1. The van der Waals surface area contributed by atoms with E-state index in [1.807, 2.05) is 12.1 Å². The molecule has 102 valence electrons. The van der Waals surface area contributed by atoms with E-state index >= 15 is 0 Å². The first-order valence-electron chi connectivity index (χ1n) is 6.68. The molecule has 0 saturated heterocycles. The first-order chi connectivity index (χ1) is 9.79. The van der Waals surface area contributed by atoms with E-state index in [1.54, 1.807) is 18.0 Å². The van der Waals surface area contributed by atoms with Crippen LogP contribution in [0.5, 0.6) is 0 Å². The van der Waals surface area contributed by atoms with Crippen LogP contribution < -0.4 is 0 Å². The third-order valence-electron chi connectivity index (χ3n) is 3.69. The van der Waals surface area contributed by atoms with E-state index in [4.69, 9.17) is 16.0 Å². The van der Waals surface area contributed by atoms with E-state index < -0.39 is 0 Å². The lowest BCUT2D eigenvalue weighted by atomic mass is 10.1. The number of rotatable bonds is 2. The lowest BCUT2D eigenvalue weighted by Gasteiger charge is -2.18. The zero-order chi connectivity index (χ0) is 13.7. The Morgan fingerprint density at radius 3 is 3.15 bits per heavy atom. The lowest BCUT2D eigenvalue weighted by molar-refractivity contribution is 0.615. The topological polar surface area (TPSA) is 28.7 Å². The summed E-state index contributed by atoms with van der Waals surface area (Å²) in [6, 6.07) is 6.00. The van der Waals surface area contributed by atoms with Crippen molar-refractivity contribution in [3.05, 3.63) is 40.0 Å². The molecule has 0 N–H and O–H groups in total. The average molecular weight is 305 g/mol. The largest absolute Gasteiger partial charge is 0.463 e. The van der Waals surface area contributed by atoms with Gasteiger partial charge in [-0.25, -0.2) is 0 Å².